The highest BCUT2D eigenvalue weighted by Gasteiger charge is 2.39. The Hall–Kier alpha value is -7.34. The van der Waals surface area contributed by atoms with Crippen molar-refractivity contribution in [2.24, 2.45) is 0 Å². The van der Waals surface area contributed by atoms with Crippen LogP contribution in [-0.4, -0.2) is 61.4 Å². The Morgan fingerprint density at radius 2 is 0.855 bits per heavy atom. The maximum Gasteiger partial charge on any atom is 0.263 e. The fraction of sp³-hybridized carbons (Fsp3) is 0.116. The van der Waals surface area contributed by atoms with Gasteiger partial charge in [-0.3, -0.25) is 43.5 Å². The van der Waals surface area contributed by atoms with Crippen LogP contribution in [0, 0.1) is 0 Å². The van der Waals surface area contributed by atoms with Crippen molar-refractivity contribution in [1.82, 2.24) is 19.3 Å². The number of aromatic nitrogens is 1. The van der Waals surface area contributed by atoms with Crippen molar-refractivity contribution in [3.63, 3.8) is 0 Å². The van der Waals surface area contributed by atoms with E-state index in [0.717, 1.165) is 33.1 Å². The number of carbonyl (C=O) groups is 6. The van der Waals surface area contributed by atoms with Gasteiger partial charge < -0.3 is 14.0 Å². The third-order valence-electron chi connectivity index (χ3n) is 10.1. The molecule has 0 saturated carbocycles. The van der Waals surface area contributed by atoms with Gasteiger partial charge in [0.2, 0.25) is 0 Å². The first-order valence-electron chi connectivity index (χ1n) is 17.2. The Morgan fingerprint density at radius 3 is 1.29 bits per heavy atom. The molecule has 0 spiro atoms. The summed E-state index contributed by atoms with van der Waals surface area (Å²) in [5.41, 5.74) is 2.46. The smallest absolute Gasteiger partial charge is 0.263 e. The van der Waals surface area contributed by atoms with Crippen LogP contribution < -0.4 is 20.2 Å². The molecule has 0 aliphatic carbocycles. The first-order valence-corrected chi connectivity index (χ1v) is 17.2. The van der Waals surface area contributed by atoms with Gasteiger partial charge in [0.15, 0.2) is 0 Å². The highest BCUT2D eigenvalue weighted by molar-refractivity contribution is 6.22. The molecule has 3 aliphatic heterocycles. The number of benzene rings is 4. The zero-order valence-electron chi connectivity index (χ0n) is 29.8. The average Bonchev–Trinajstić information content (AvgIpc) is 3.83. The number of hydrogen-bond donors (Lipinski definition) is 0. The lowest BCUT2D eigenvalue weighted by atomic mass is 9.78. The lowest BCUT2D eigenvalue weighted by Gasteiger charge is -2.26. The Morgan fingerprint density at radius 1 is 0.473 bits per heavy atom. The van der Waals surface area contributed by atoms with Gasteiger partial charge >= 0.3 is 0 Å². The molecular weight excluding hydrogens is 700 g/mol. The van der Waals surface area contributed by atoms with Crippen LogP contribution in [0.25, 0.3) is 13.2 Å². The fourth-order valence-electron chi connectivity index (χ4n) is 6.83. The summed E-state index contributed by atoms with van der Waals surface area (Å²) in [6, 6.07) is 28.1. The van der Waals surface area contributed by atoms with E-state index < -0.39 is 41.6 Å². The van der Waals surface area contributed by atoms with Crippen molar-refractivity contribution in [2.75, 3.05) is 6.67 Å². The third kappa shape index (κ3) is 5.99. The number of ether oxygens (including phenoxy) is 2. The van der Waals surface area contributed by atoms with E-state index in [1.807, 2.05) is 48.5 Å². The molecule has 0 unspecified atom stereocenters. The molecule has 55 heavy (non-hydrogen) atoms. The summed E-state index contributed by atoms with van der Waals surface area (Å²) in [6.07, 6.45) is 2.19. The molecule has 0 radical (unpaired) electrons. The van der Waals surface area contributed by atoms with E-state index in [0.29, 0.717) is 39.3 Å². The minimum atomic E-state index is -0.623. The zero-order chi connectivity index (χ0) is 38.8. The normalized spacial score (nSPS) is 15.1. The van der Waals surface area contributed by atoms with Crippen LogP contribution in [0.1, 0.15) is 66.4 Å². The van der Waals surface area contributed by atoms with Gasteiger partial charge in [-0.05, 0) is 83.9 Å². The van der Waals surface area contributed by atoms with Crippen molar-refractivity contribution < 1.29 is 38.2 Å². The van der Waals surface area contributed by atoms with Crippen molar-refractivity contribution in [2.45, 2.75) is 25.9 Å². The SMILES string of the molecule is C=c1ccc(=C)n1CN1C(=O)c2ccc(Oc3ccc(C(C)(C)c4ccc(Oc5ccc6c(c5)C(=O)N(CN5C(=O)C=CC5=O)C6=O)cc4)cc3)cc2C1=O. The molecule has 12 nitrogen and oxygen atoms in total. The van der Waals surface area contributed by atoms with Crippen molar-refractivity contribution in [3.05, 3.63) is 153 Å². The van der Waals surface area contributed by atoms with Crippen molar-refractivity contribution >= 4 is 48.6 Å². The van der Waals surface area contributed by atoms with Crippen LogP contribution in [0.3, 0.4) is 0 Å². The predicted octanol–water partition coefficient (Wildman–Crippen LogP) is 4.95. The fourth-order valence-corrected chi connectivity index (χ4v) is 6.83. The molecule has 0 fully saturated rings. The molecule has 12 heteroatoms. The minimum Gasteiger partial charge on any atom is -0.457 e. The van der Waals surface area contributed by atoms with E-state index in [2.05, 4.69) is 27.0 Å². The lowest BCUT2D eigenvalue weighted by molar-refractivity contribution is -0.138. The number of fused-ring (bicyclic) bond motifs is 2. The third-order valence-corrected chi connectivity index (χ3v) is 10.1. The van der Waals surface area contributed by atoms with Gasteiger partial charge in [0.05, 0.1) is 22.3 Å². The average molecular weight is 733 g/mol. The lowest BCUT2D eigenvalue weighted by Crippen LogP contribution is -2.43. The largest absolute Gasteiger partial charge is 0.457 e. The predicted molar refractivity (Wildman–Crippen MR) is 200 cm³/mol. The molecule has 1 aromatic heterocycles. The highest BCUT2D eigenvalue weighted by atomic mass is 16.5. The van der Waals surface area contributed by atoms with Crippen LogP contribution in [0.2, 0.25) is 0 Å². The van der Waals surface area contributed by atoms with Gasteiger partial charge in [-0.25, -0.2) is 0 Å². The maximum atomic E-state index is 13.2. The second-order valence-corrected chi connectivity index (χ2v) is 13.8. The first-order chi connectivity index (χ1) is 26.3. The second kappa shape index (κ2) is 13.0. The van der Waals surface area contributed by atoms with E-state index in [-0.39, 0.29) is 29.3 Å². The Bertz CT molecular complexity index is 2590. The Balaban J connectivity index is 0.916. The summed E-state index contributed by atoms with van der Waals surface area (Å²) in [6.45, 7) is 11.6. The van der Waals surface area contributed by atoms with E-state index in [4.69, 9.17) is 9.47 Å². The Labute approximate surface area is 314 Å². The van der Waals surface area contributed by atoms with Gasteiger partial charge in [-0.1, -0.05) is 51.3 Å². The quantitative estimate of drug-likeness (QED) is 0.184. The number of hydrogen-bond acceptors (Lipinski definition) is 8. The zero-order valence-corrected chi connectivity index (χ0v) is 29.8. The molecule has 0 N–H and O–H groups in total. The van der Waals surface area contributed by atoms with E-state index >= 15 is 0 Å². The van der Waals surface area contributed by atoms with Crippen LogP contribution >= 0.6 is 0 Å². The number of imide groups is 3. The molecule has 4 heterocycles. The summed E-state index contributed by atoms with van der Waals surface area (Å²) in [4.78, 5) is 79.1. The molecule has 5 aromatic rings. The standard InChI is InChI=1S/C43H32N4O8/c1-25-5-6-26(2)44(25)23-46-39(50)33-17-15-31(21-35(33)41(46)52)54-29-11-7-27(8-12-29)43(3,4)28-9-13-30(14-10-28)55-32-16-18-34-36(22-32)42(53)47(40(34)51)24-45-37(48)19-20-38(45)49/h5-22H,1-2,23-24H2,3-4H3. The molecule has 0 atom stereocenters. The summed E-state index contributed by atoms with van der Waals surface area (Å²) in [5.74, 6) is -1.37. The molecule has 6 amide bonds. The van der Waals surface area contributed by atoms with Crippen LogP contribution in [0.5, 0.6) is 23.0 Å². The highest BCUT2D eigenvalue weighted by Crippen LogP contribution is 2.36. The van der Waals surface area contributed by atoms with E-state index in [9.17, 15) is 28.8 Å². The first kappa shape index (κ1) is 34.7. The van der Waals surface area contributed by atoms with Crippen LogP contribution in [0.4, 0.5) is 0 Å². The van der Waals surface area contributed by atoms with Gasteiger partial charge in [-0.2, -0.15) is 0 Å². The van der Waals surface area contributed by atoms with Gasteiger partial charge in [0.25, 0.3) is 35.4 Å². The maximum absolute atomic E-state index is 13.2. The number of nitrogens with zero attached hydrogens (tertiary/aromatic N) is 4. The molecule has 4 aromatic carbocycles. The summed E-state index contributed by atoms with van der Waals surface area (Å²) < 4.78 is 13.8. The summed E-state index contributed by atoms with van der Waals surface area (Å²) in [5, 5.41) is 1.30. The second-order valence-electron chi connectivity index (χ2n) is 13.8. The summed E-state index contributed by atoms with van der Waals surface area (Å²) >= 11 is 0. The van der Waals surface area contributed by atoms with Gasteiger partial charge in [0, 0.05) is 28.3 Å². The van der Waals surface area contributed by atoms with Crippen LogP contribution in [0.15, 0.2) is 109 Å². The molecular formula is C43H32N4O8. The summed E-state index contributed by atoms with van der Waals surface area (Å²) in [7, 11) is 0. The topological polar surface area (TPSA) is 136 Å². The number of amides is 6. The van der Waals surface area contributed by atoms with Crippen LogP contribution in [-0.2, 0) is 21.7 Å². The molecule has 0 bridgehead atoms. The molecule has 8 rings (SSSR count). The Kier molecular flexibility index (Phi) is 8.18. The van der Waals surface area contributed by atoms with E-state index in [1.54, 1.807) is 41.0 Å². The number of rotatable bonds is 10. The minimum absolute atomic E-state index is 0.0216. The van der Waals surface area contributed by atoms with Crippen molar-refractivity contribution in [3.8, 4) is 23.0 Å². The van der Waals surface area contributed by atoms with Gasteiger partial charge in [0.1, 0.15) is 36.3 Å². The molecule has 0 saturated heterocycles. The molecule has 272 valence electrons. The molecule has 3 aliphatic rings. The van der Waals surface area contributed by atoms with E-state index in [1.165, 1.54) is 17.0 Å². The monoisotopic (exact) mass is 732 g/mol. The number of carbonyl (C=O) groups excluding carboxylic acids is 6. The van der Waals surface area contributed by atoms with Crippen molar-refractivity contribution in [1.29, 1.82) is 0 Å². The van der Waals surface area contributed by atoms with Gasteiger partial charge in [-0.15, -0.1) is 0 Å².